The maximum absolute atomic E-state index is 13.9. The highest BCUT2D eigenvalue weighted by Gasteiger charge is 2.39. The molecular formula is C28H34F6N8O4Si. The number of rotatable bonds is 12. The number of ether oxygens (including phenoxy) is 2. The van der Waals surface area contributed by atoms with E-state index in [-0.39, 0.29) is 44.0 Å². The molecule has 1 aliphatic heterocycles. The normalized spacial score (nSPS) is 15.1. The number of halogens is 6. The average Bonchev–Trinajstić information content (AvgIpc) is 2.98. The molecule has 1 atom stereocenters. The quantitative estimate of drug-likeness (QED) is 0.165. The van der Waals surface area contributed by atoms with Crippen molar-refractivity contribution in [1.82, 2.24) is 24.7 Å². The minimum absolute atomic E-state index is 0.0155. The molecule has 256 valence electrons. The van der Waals surface area contributed by atoms with Crippen LogP contribution in [0.4, 0.5) is 43.7 Å². The molecule has 4 rings (SSSR count). The van der Waals surface area contributed by atoms with Crippen LogP contribution in [0.1, 0.15) is 18.1 Å². The van der Waals surface area contributed by atoms with Crippen LogP contribution >= 0.6 is 0 Å². The Kier molecular flexibility index (Phi) is 10.8. The van der Waals surface area contributed by atoms with E-state index >= 15 is 0 Å². The number of nitrogens with one attached hydrogen (secondary N) is 1. The molecule has 19 heteroatoms. The van der Waals surface area contributed by atoms with E-state index < -0.39 is 55.6 Å². The summed E-state index contributed by atoms with van der Waals surface area (Å²) >= 11 is 0. The average molecular weight is 689 g/mol. The van der Waals surface area contributed by atoms with Gasteiger partial charge in [-0.05, 0) is 19.0 Å². The largest absolute Gasteiger partial charge is 0.475 e. The van der Waals surface area contributed by atoms with Gasteiger partial charge in [-0.15, -0.1) is 0 Å². The van der Waals surface area contributed by atoms with E-state index in [4.69, 9.17) is 9.47 Å². The molecule has 4 heterocycles. The standard InChI is InChI=1S/C28H34F6N8O4Si/c1-18(39-21-14-38-42(17-45-9-10-47(2,3)4)25(44)24(21)28(32,33)34)16-46-22-11-20(5-6-35-22)41-8-7-40(15-23(41)43)26-36-12-19(13-37-26)27(29,30)31/h5-6,11-14,18,39H,7-10,15-17H2,1-4H3/t18-/m0/s1. The fraction of sp³-hybridized carbons (Fsp3) is 0.500. The van der Waals surface area contributed by atoms with Gasteiger partial charge in [0.2, 0.25) is 17.7 Å². The monoisotopic (exact) mass is 688 g/mol. The molecule has 3 aromatic rings. The van der Waals surface area contributed by atoms with Crippen molar-refractivity contribution in [3.05, 3.63) is 58.4 Å². The molecule has 0 saturated carbocycles. The number of carbonyl (C=O) groups excluding carboxylic acids is 1. The number of pyridine rings is 1. The van der Waals surface area contributed by atoms with Crippen molar-refractivity contribution in [2.45, 2.75) is 57.7 Å². The van der Waals surface area contributed by atoms with Gasteiger partial charge in [0.25, 0.3) is 5.56 Å². The fourth-order valence-electron chi connectivity index (χ4n) is 4.40. The van der Waals surface area contributed by atoms with Crippen molar-refractivity contribution < 1.29 is 40.6 Å². The maximum Gasteiger partial charge on any atom is 0.423 e. The summed E-state index contributed by atoms with van der Waals surface area (Å²) in [6.07, 6.45) is -5.93. The number of piperazine rings is 1. The Labute approximate surface area is 266 Å². The van der Waals surface area contributed by atoms with Crippen LogP contribution in [0.2, 0.25) is 25.7 Å². The second-order valence-electron chi connectivity index (χ2n) is 12.0. The van der Waals surface area contributed by atoms with Crippen molar-refractivity contribution in [3.63, 3.8) is 0 Å². The van der Waals surface area contributed by atoms with Crippen LogP contribution in [-0.2, 0) is 28.6 Å². The molecule has 1 aliphatic rings. The highest BCUT2D eigenvalue weighted by Crippen LogP contribution is 2.32. The van der Waals surface area contributed by atoms with E-state index in [0.717, 1.165) is 12.2 Å². The van der Waals surface area contributed by atoms with E-state index in [1.54, 1.807) is 13.0 Å². The summed E-state index contributed by atoms with van der Waals surface area (Å²) in [5, 5.41) is 6.48. The Morgan fingerprint density at radius 2 is 1.70 bits per heavy atom. The second-order valence-corrected chi connectivity index (χ2v) is 17.7. The lowest BCUT2D eigenvalue weighted by atomic mass is 10.2. The van der Waals surface area contributed by atoms with E-state index in [0.29, 0.717) is 29.4 Å². The molecule has 1 saturated heterocycles. The molecule has 1 amide bonds. The molecular weight excluding hydrogens is 654 g/mol. The van der Waals surface area contributed by atoms with E-state index in [9.17, 15) is 35.9 Å². The molecule has 47 heavy (non-hydrogen) atoms. The summed E-state index contributed by atoms with van der Waals surface area (Å²) in [7, 11) is -1.43. The van der Waals surface area contributed by atoms with Crippen LogP contribution in [0.15, 0.2) is 41.7 Å². The number of hydrogen-bond acceptors (Lipinski definition) is 10. The van der Waals surface area contributed by atoms with Gasteiger partial charge in [0, 0.05) is 52.4 Å². The van der Waals surface area contributed by atoms with Gasteiger partial charge >= 0.3 is 12.4 Å². The summed E-state index contributed by atoms with van der Waals surface area (Å²) < 4.78 is 91.9. The Balaban J connectivity index is 1.36. The Morgan fingerprint density at radius 1 is 1.00 bits per heavy atom. The predicted molar refractivity (Wildman–Crippen MR) is 162 cm³/mol. The number of carbonyl (C=O) groups is 1. The number of amides is 1. The van der Waals surface area contributed by atoms with Gasteiger partial charge in [0.1, 0.15) is 25.4 Å². The highest BCUT2D eigenvalue weighted by atomic mass is 28.3. The van der Waals surface area contributed by atoms with Crippen molar-refractivity contribution >= 4 is 31.3 Å². The first-order chi connectivity index (χ1) is 21.9. The van der Waals surface area contributed by atoms with E-state index in [1.807, 2.05) is 0 Å². The molecule has 12 nitrogen and oxygen atoms in total. The molecule has 0 unspecified atom stereocenters. The zero-order valence-corrected chi connectivity index (χ0v) is 27.0. The SMILES string of the molecule is C[C@@H](COc1cc(N2CCN(c3ncc(C(F)(F)F)cn3)CC2=O)ccn1)Nc1cnn(COCC[Si](C)(C)C)c(=O)c1C(F)(F)F. The molecule has 0 aromatic carbocycles. The van der Waals surface area contributed by atoms with Gasteiger partial charge in [0.05, 0.1) is 29.2 Å². The van der Waals surface area contributed by atoms with Crippen molar-refractivity contribution in [1.29, 1.82) is 0 Å². The molecule has 0 spiro atoms. The zero-order chi connectivity index (χ0) is 34.6. The molecule has 3 aromatic heterocycles. The van der Waals surface area contributed by atoms with Crippen LogP contribution in [0, 0.1) is 0 Å². The Hall–Kier alpha value is -4.26. The summed E-state index contributed by atoms with van der Waals surface area (Å²) in [5.74, 6) is -0.314. The summed E-state index contributed by atoms with van der Waals surface area (Å²) in [5.41, 5.74) is -3.84. The number of hydrogen-bond donors (Lipinski definition) is 1. The van der Waals surface area contributed by atoms with Crippen LogP contribution in [0.5, 0.6) is 5.88 Å². The first kappa shape index (κ1) is 35.6. The van der Waals surface area contributed by atoms with E-state index in [1.165, 1.54) is 22.1 Å². The van der Waals surface area contributed by atoms with E-state index in [2.05, 4.69) is 45.0 Å². The number of alkyl halides is 6. The molecule has 0 radical (unpaired) electrons. The molecule has 1 N–H and O–H groups in total. The minimum atomic E-state index is -4.96. The lowest BCUT2D eigenvalue weighted by molar-refractivity contribution is -0.139. The van der Waals surface area contributed by atoms with Crippen LogP contribution < -0.4 is 25.4 Å². The van der Waals surface area contributed by atoms with Gasteiger partial charge in [-0.3, -0.25) is 9.59 Å². The van der Waals surface area contributed by atoms with Crippen molar-refractivity contribution in [2.75, 3.05) is 48.0 Å². The van der Waals surface area contributed by atoms with Crippen molar-refractivity contribution in [3.8, 4) is 5.88 Å². The van der Waals surface area contributed by atoms with Gasteiger partial charge in [0.15, 0.2) is 0 Å². The van der Waals surface area contributed by atoms with Gasteiger partial charge in [-0.25, -0.2) is 19.6 Å². The van der Waals surface area contributed by atoms with Crippen molar-refractivity contribution in [2.24, 2.45) is 0 Å². The highest BCUT2D eigenvalue weighted by molar-refractivity contribution is 6.76. The first-order valence-corrected chi connectivity index (χ1v) is 18.2. The first-order valence-electron chi connectivity index (χ1n) is 14.5. The smallest absolute Gasteiger partial charge is 0.423 e. The van der Waals surface area contributed by atoms with Gasteiger partial charge < -0.3 is 24.6 Å². The lowest BCUT2D eigenvalue weighted by Gasteiger charge is -2.34. The van der Waals surface area contributed by atoms with Crippen LogP contribution in [0.25, 0.3) is 0 Å². The zero-order valence-electron chi connectivity index (χ0n) is 26.0. The van der Waals surface area contributed by atoms with Crippen LogP contribution in [0.3, 0.4) is 0 Å². The summed E-state index contributed by atoms with van der Waals surface area (Å²) in [6.45, 7) is 7.84. The predicted octanol–water partition coefficient (Wildman–Crippen LogP) is 4.51. The van der Waals surface area contributed by atoms with Gasteiger partial charge in [-0.2, -0.15) is 31.4 Å². The number of anilines is 3. The maximum atomic E-state index is 13.9. The lowest BCUT2D eigenvalue weighted by Crippen LogP contribution is -2.51. The third kappa shape index (κ3) is 9.63. The topological polar surface area (TPSA) is 128 Å². The fourth-order valence-corrected chi connectivity index (χ4v) is 5.16. The number of aromatic nitrogens is 5. The number of nitrogens with zero attached hydrogens (tertiary/aromatic N) is 7. The minimum Gasteiger partial charge on any atom is -0.475 e. The van der Waals surface area contributed by atoms with Gasteiger partial charge in [-0.1, -0.05) is 19.6 Å². The Bertz CT molecular complexity index is 1600. The summed E-state index contributed by atoms with van der Waals surface area (Å²) in [4.78, 5) is 40.1. The third-order valence-corrected chi connectivity index (χ3v) is 8.62. The third-order valence-electron chi connectivity index (χ3n) is 6.92. The van der Waals surface area contributed by atoms with Crippen LogP contribution in [-0.4, -0.2) is 77.6 Å². The molecule has 0 aliphatic carbocycles. The summed E-state index contributed by atoms with van der Waals surface area (Å²) in [6, 6.07) is 3.07. The molecule has 0 bridgehead atoms. The molecule has 1 fully saturated rings. The second kappa shape index (κ2) is 14.2. The Morgan fingerprint density at radius 3 is 2.32 bits per heavy atom.